The maximum absolute atomic E-state index is 13.3. The second-order valence-corrected chi connectivity index (χ2v) is 9.57. The van der Waals surface area contributed by atoms with Gasteiger partial charge >= 0.3 is 0 Å². The Balaban J connectivity index is 1.45. The van der Waals surface area contributed by atoms with E-state index in [0.29, 0.717) is 12.2 Å². The molecule has 0 bridgehead atoms. The number of hydrogen-bond acceptors (Lipinski definition) is 4. The molecule has 1 aliphatic heterocycles. The molecule has 1 amide bonds. The van der Waals surface area contributed by atoms with Crippen molar-refractivity contribution in [1.82, 2.24) is 4.98 Å². The van der Waals surface area contributed by atoms with E-state index in [1.54, 1.807) is 0 Å². The number of ether oxygens (including phenoxy) is 2. The molecule has 3 N–H and O–H groups in total. The number of amides is 1. The molecule has 2 aromatic carbocycles. The summed E-state index contributed by atoms with van der Waals surface area (Å²) in [6.45, 7) is 6.78. The Morgan fingerprint density at radius 3 is 2.61 bits per heavy atom. The number of rotatable bonds is 5. The minimum atomic E-state index is -0.515. The summed E-state index contributed by atoms with van der Waals surface area (Å²) < 4.78 is 10.9. The monoisotopic (exact) mass is 420 g/mol. The minimum Gasteiger partial charge on any atom is -0.454 e. The summed E-state index contributed by atoms with van der Waals surface area (Å²) in [5.74, 6) is 1.43. The van der Waals surface area contributed by atoms with Crippen LogP contribution >= 0.6 is 0 Å². The van der Waals surface area contributed by atoms with Crippen LogP contribution in [0.5, 0.6) is 11.5 Å². The van der Waals surface area contributed by atoms with E-state index < -0.39 is 5.41 Å². The Kier molecular flexibility index (Phi) is 4.52. The normalized spacial score (nSPS) is 16.5. The number of H-pyrrole nitrogens is 1. The first kappa shape index (κ1) is 19.9. The number of hydrogen-bond donors (Lipinski definition) is 3. The van der Waals surface area contributed by atoms with Crippen LogP contribution in [0.2, 0.25) is 0 Å². The van der Waals surface area contributed by atoms with Crippen molar-refractivity contribution >= 4 is 22.5 Å². The molecule has 3 aromatic rings. The first-order chi connectivity index (χ1) is 14.8. The zero-order valence-corrected chi connectivity index (χ0v) is 18.2. The van der Waals surface area contributed by atoms with Gasteiger partial charge in [0.25, 0.3) is 0 Å². The predicted molar refractivity (Wildman–Crippen MR) is 120 cm³/mol. The standard InChI is InChI=1S/C25H28N2O4/c1-24(2,3)22-17(8-11-28)18-13-16(5-6-19(18)27-22)26-23(29)25(9-10-25)15-4-7-20-21(12-15)31-14-30-20/h4-7,12-13,27-28H,8-11,14H2,1-3H3,(H,26,29). The van der Waals surface area contributed by atoms with Crippen LogP contribution in [0, 0.1) is 0 Å². The summed E-state index contributed by atoms with van der Waals surface area (Å²) in [4.78, 5) is 16.8. The van der Waals surface area contributed by atoms with Crippen molar-refractivity contribution in [3.05, 3.63) is 53.2 Å². The Bertz CT molecular complexity index is 1170. The van der Waals surface area contributed by atoms with E-state index in [0.717, 1.165) is 52.0 Å². The van der Waals surface area contributed by atoms with Gasteiger partial charge in [-0.2, -0.15) is 0 Å². The first-order valence-corrected chi connectivity index (χ1v) is 10.8. The molecular weight excluding hydrogens is 392 g/mol. The molecule has 0 saturated heterocycles. The highest BCUT2D eigenvalue weighted by atomic mass is 16.7. The molecule has 31 heavy (non-hydrogen) atoms. The molecule has 1 fully saturated rings. The lowest BCUT2D eigenvalue weighted by molar-refractivity contribution is -0.118. The van der Waals surface area contributed by atoms with Gasteiger partial charge in [-0.3, -0.25) is 4.79 Å². The fourth-order valence-electron chi connectivity index (χ4n) is 4.55. The third-order valence-electron chi connectivity index (χ3n) is 6.39. The van der Waals surface area contributed by atoms with E-state index in [9.17, 15) is 9.90 Å². The van der Waals surface area contributed by atoms with E-state index in [1.807, 2.05) is 36.4 Å². The van der Waals surface area contributed by atoms with Crippen LogP contribution < -0.4 is 14.8 Å². The van der Waals surface area contributed by atoms with E-state index in [4.69, 9.17) is 9.47 Å². The van der Waals surface area contributed by atoms with Gasteiger partial charge in [-0.25, -0.2) is 0 Å². The number of carbonyl (C=O) groups excluding carboxylic acids is 1. The largest absolute Gasteiger partial charge is 0.454 e. The minimum absolute atomic E-state index is 0.000930. The summed E-state index contributed by atoms with van der Waals surface area (Å²) in [7, 11) is 0. The molecule has 1 aliphatic carbocycles. The maximum atomic E-state index is 13.3. The fraction of sp³-hybridized carbons (Fsp3) is 0.400. The van der Waals surface area contributed by atoms with Crippen LogP contribution in [0.4, 0.5) is 5.69 Å². The number of fused-ring (bicyclic) bond motifs is 2. The van der Waals surface area contributed by atoms with E-state index >= 15 is 0 Å². The second-order valence-electron chi connectivity index (χ2n) is 9.57. The van der Waals surface area contributed by atoms with Gasteiger partial charge in [0.2, 0.25) is 12.7 Å². The van der Waals surface area contributed by atoms with Crippen molar-refractivity contribution in [3.63, 3.8) is 0 Å². The van der Waals surface area contributed by atoms with Crippen LogP contribution in [0.15, 0.2) is 36.4 Å². The molecule has 6 nitrogen and oxygen atoms in total. The lowest BCUT2D eigenvalue weighted by Gasteiger charge is -2.19. The van der Waals surface area contributed by atoms with Crippen molar-refractivity contribution in [1.29, 1.82) is 0 Å². The number of aromatic nitrogens is 1. The van der Waals surface area contributed by atoms with Gasteiger partial charge in [0.15, 0.2) is 11.5 Å². The third-order valence-corrected chi connectivity index (χ3v) is 6.39. The second kappa shape index (κ2) is 7.02. The van der Waals surface area contributed by atoms with Gasteiger partial charge in [-0.15, -0.1) is 0 Å². The summed E-state index contributed by atoms with van der Waals surface area (Å²) in [5.41, 5.74) is 4.40. The van der Waals surface area contributed by atoms with Gasteiger partial charge in [-0.05, 0) is 60.7 Å². The molecule has 1 saturated carbocycles. The van der Waals surface area contributed by atoms with Crippen molar-refractivity contribution in [2.24, 2.45) is 0 Å². The van der Waals surface area contributed by atoms with Crippen molar-refractivity contribution < 1.29 is 19.4 Å². The smallest absolute Gasteiger partial charge is 0.235 e. The van der Waals surface area contributed by atoms with Crippen molar-refractivity contribution in [2.45, 2.75) is 50.9 Å². The highest BCUT2D eigenvalue weighted by Gasteiger charge is 2.51. The molecule has 162 valence electrons. The molecule has 5 rings (SSSR count). The Hall–Kier alpha value is -2.99. The molecule has 6 heteroatoms. The average Bonchev–Trinajstić information content (AvgIpc) is 3.27. The number of carbonyl (C=O) groups is 1. The van der Waals surface area contributed by atoms with Gasteiger partial charge < -0.3 is 24.9 Å². The molecule has 2 aliphatic rings. The quantitative estimate of drug-likeness (QED) is 0.571. The van der Waals surface area contributed by atoms with Crippen molar-refractivity contribution in [2.75, 3.05) is 18.7 Å². The Morgan fingerprint density at radius 2 is 1.90 bits per heavy atom. The molecule has 2 heterocycles. The lowest BCUT2D eigenvalue weighted by atomic mass is 9.88. The number of anilines is 1. The van der Waals surface area contributed by atoms with Gasteiger partial charge in [0, 0.05) is 34.3 Å². The summed E-state index contributed by atoms with van der Waals surface area (Å²) in [5, 5.41) is 13.8. The zero-order chi connectivity index (χ0) is 21.8. The topological polar surface area (TPSA) is 83.6 Å². The number of nitrogens with one attached hydrogen (secondary N) is 2. The van der Waals surface area contributed by atoms with E-state index in [1.165, 1.54) is 0 Å². The van der Waals surface area contributed by atoms with Crippen LogP contribution in [0.1, 0.15) is 50.4 Å². The van der Waals surface area contributed by atoms with Crippen LogP contribution in [-0.4, -0.2) is 29.4 Å². The molecule has 1 aromatic heterocycles. The van der Waals surface area contributed by atoms with Crippen LogP contribution in [0.3, 0.4) is 0 Å². The van der Waals surface area contributed by atoms with E-state index in [-0.39, 0.29) is 24.7 Å². The predicted octanol–water partition coefficient (Wildman–Crippen LogP) is 4.40. The summed E-state index contributed by atoms with van der Waals surface area (Å²) >= 11 is 0. The Morgan fingerprint density at radius 1 is 1.13 bits per heavy atom. The van der Waals surface area contributed by atoms with Gasteiger partial charge in [0.05, 0.1) is 5.41 Å². The summed E-state index contributed by atoms with van der Waals surface area (Å²) in [6, 6.07) is 11.7. The molecule has 0 unspecified atom stereocenters. The fourth-order valence-corrected chi connectivity index (χ4v) is 4.55. The molecule has 0 atom stereocenters. The third kappa shape index (κ3) is 3.35. The number of aliphatic hydroxyl groups excluding tert-OH is 1. The highest BCUT2D eigenvalue weighted by molar-refractivity contribution is 6.03. The Labute approximate surface area is 181 Å². The number of aliphatic hydroxyl groups is 1. The molecule has 0 spiro atoms. The zero-order valence-electron chi connectivity index (χ0n) is 18.2. The first-order valence-electron chi connectivity index (χ1n) is 10.8. The van der Waals surface area contributed by atoms with Crippen molar-refractivity contribution in [3.8, 4) is 11.5 Å². The number of aromatic amines is 1. The van der Waals surface area contributed by atoms with E-state index in [2.05, 4.69) is 31.1 Å². The van der Waals surface area contributed by atoms with Crippen LogP contribution in [0.25, 0.3) is 10.9 Å². The molecular formula is C25H28N2O4. The van der Waals surface area contributed by atoms with Gasteiger partial charge in [-0.1, -0.05) is 26.8 Å². The van der Waals surface area contributed by atoms with Gasteiger partial charge in [0.1, 0.15) is 0 Å². The lowest BCUT2D eigenvalue weighted by Crippen LogP contribution is -2.27. The van der Waals surface area contributed by atoms with Crippen LogP contribution in [-0.2, 0) is 22.0 Å². The number of benzene rings is 2. The molecule has 0 radical (unpaired) electrons. The summed E-state index contributed by atoms with van der Waals surface area (Å²) in [6.07, 6.45) is 2.20. The average molecular weight is 421 g/mol. The SMILES string of the molecule is CC(C)(C)c1[nH]c2ccc(NC(=O)C3(c4ccc5c(c4)OCO5)CC3)cc2c1CCO. The maximum Gasteiger partial charge on any atom is 0.235 e. The highest BCUT2D eigenvalue weighted by Crippen LogP contribution is 2.51.